The van der Waals surface area contributed by atoms with E-state index in [1.54, 1.807) is 12.1 Å². The van der Waals surface area contributed by atoms with Crippen LogP contribution in [0.4, 0.5) is 5.69 Å². The van der Waals surface area contributed by atoms with Gasteiger partial charge in [0.2, 0.25) is 0 Å². The molecular weight excluding hydrogens is 290 g/mol. The molecule has 0 amide bonds. The molecule has 5 heteroatoms. The van der Waals surface area contributed by atoms with Crippen LogP contribution >= 0.6 is 0 Å². The van der Waals surface area contributed by atoms with Crippen molar-refractivity contribution in [2.24, 2.45) is 4.99 Å². The molecule has 114 valence electrons. The quantitative estimate of drug-likeness (QED) is 0.406. The number of benzene rings is 2. The highest BCUT2D eigenvalue weighted by Crippen LogP contribution is 2.17. The van der Waals surface area contributed by atoms with E-state index in [9.17, 15) is 10.1 Å². The number of hydrogen-bond acceptors (Lipinski definition) is 3. The molecule has 0 radical (unpaired) electrons. The minimum absolute atomic E-state index is 0.0835. The number of non-ortho nitro benzene ring substituents is 1. The Labute approximate surface area is 133 Å². The van der Waals surface area contributed by atoms with Gasteiger partial charge in [0.25, 0.3) is 5.69 Å². The van der Waals surface area contributed by atoms with Crippen molar-refractivity contribution < 1.29 is 4.92 Å². The van der Waals surface area contributed by atoms with Gasteiger partial charge in [-0.05, 0) is 29.8 Å². The maximum atomic E-state index is 10.7. The van der Waals surface area contributed by atoms with E-state index >= 15 is 0 Å². The van der Waals surface area contributed by atoms with Crippen molar-refractivity contribution in [1.82, 2.24) is 4.57 Å². The van der Waals surface area contributed by atoms with E-state index < -0.39 is 4.92 Å². The third-order valence-corrected chi connectivity index (χ3v) is 3.46. The van der Waals surface area contributed by atoms with E-state index in [0.717, 1.165) is 16.9 Å². The summed E-state index contributed by atoms with van der Waals surface area (Å²) in [6.45, 7) is 0.617. The van der Waals surface area contributed by atoms with Crippen LogP contribution in [0.25, 0.3) is 5.69 Å². The van der Waals surface area contributed by atoms with Gasteiger partial charge in [0.15, 0.2) is 0 Å². The fraction of sp³-hybridized carbons (Fsp3) is 0.0556. The zero-order valence-electron chi connectivity index (χ0n) is 12.4. The molecule has 2 aromatic carbocycles. The van der Waals surface area contributed by atoms with Crippen LogP contribution in [0.1, 0.15) is 11.3 Å². The van der Waals surface area contributed by atoms with Gasteiger partial charge in [-0.1, -0.05) is 30.3 Å². The van der Waals surface area contributed by atoms with E-state index in [1.807, 2.05) is 59.4 Å². The Morgan fingerprint density at radius 1 is 1.00 bits per heavy atom. The molecule has 5 nitrogen and oxygen atoms in total. The first-order chi connectivity index (χ1) is 11.2. The molecule has 23 heavy (non-hydrogen) atoms. The number of aliphatic imine (C=N–C) groups is 1. The lowest BCUT2D eigenvalue weighted by Crippen LogP contribution is -1.98. The van der Waals surface area contributed by atoms with Crippen LogP contribution in [0.2, 0.25) is 0 Å². The Hall–Kier alpha value is -3.21. The second-order valence-electron chi connectivity index (χ2n) is 5.03. The van der Waals surface area contributed by atoms with Crippen molar-refractivity contribution in [2.45, 2.75) is 6.54 Å². The van der Waals surface area contributed by atoms with Crippen LogP contribution in [0.5, 0.6) is 0 Å². The van der Waals surface area contributed by atoms with Gasteiger partial charge in [-0.25, -0.2) is 0 Å². The number of nitro groups is 1. The van der Waals surface area contributed by atoms with Crippen molar-refractivity contribution in [3.05, 3.63) is 94.3 Å². The maximum absolute atomic E-state index is 10.7. The summed E-state index contributed by atoms with van der Waals surface area (Å²) in [5, 5.41) is 10.7. The summed E-state index contributed by atoms with van der Waals surface area (Å²) in [5.41, 5.74) is 3.02. The molecular formula is C18H15N3O2. The van der Waals surface area contributed by atoms with Gasteiger partial charge in [0.1, 0.15) is 0 Å². The lowest BCUT2D eigenvalue weighted by atomic mass is 10.2. The molecule has 0 N–H and O–H groups in total. The number of hydrogen-bond donors (Lipinski definition) is 0. The molecule has 0 unspecified atom stereocenters. The number of rotatable bonds is 5. The molecule has 0 aliphatic heterocycles. The molecule has 1 aromatic heterocycles. The average Bonchev–Trinajstić information content (AvgIpc) is 3.04. The Morgan fingerprint density at radius 2 is 1.74 bits per heavy atom. The van der Waals surface area contributed by atoms with Gasteiger partial charge in [-0.3, -0.25) is 15.1 Å². The highest BCUT2D eigenvalue weighted by atomic mass is 16.6. The molecule has 0 saturated heterocycles. The molecule has 0 spiro atoms. The van der Waals surface area contributed by atoms with E-state index in [-0.39, 0.29) is 5.69 Å². The second-order valence-corrected chi connectivity index (χ2v) is 5.03. The monoisotopic (exact) mass is 305 g/mol. The molecule has 0 atom stereocenters. The van der Waals surface area contributed by atoms with Crippen LogP contribution in [-0.4, -0.2) is 15.7 Å². The fourth-order valence-electron chi connectivity index (χ4n) is 2.30. The molecule has 0 fully saturated rings. The van der Waals surface area contributed by atoms with Gasteiger partial charge in [0, 0.05) is 30.2 Å². The minimum Gasteiger partial charge on any atom is -0.316 e. The van der Waals surface area contributed by atoms with Crippen molar-refractivity contribution in [1.29, 1.82) is 0 Å². The summed E-state index contributed by atoms with van der Waals surface area (Å²) in [7, 11) is 0. The largest absolute Gasteiger partial charge is 0.316 e. The molecule has 3 aromatic rings. The molecule has 3 rings (SSSR count). The molecule has 0 bridgehead atoms. The highest BCUT2D eigenvalue weighted by molar-refractivity contribution is 5.78. The van der Waals surface area contributed by atoms with Gasteiger partial charge in [-0.2, -0.15) is 0 Å². The number of aromatic nitrogens is 1. The van der Waals surface area contributed by atoms with Crippen LogP contribution in [-0.2, 0) is 6.54 Å². The Kier molecular flexibility index (Phi) is 4.29. The SMILES string of the molecule is O=[N+]([O-])c1ccc(-n2cccc2C=NCc2ccccc2)cc1. The van der Waals surface area contributed by atoms with Gasteiger partial charge >= 0.3 is 0 Å². The van der Waals surface area contributed by atoms with E-state index in [4.69, 9.17) is 0 Å². The summed E-state index contributed by atoms with van der Waals surface area (Å²) >= 11 is 0. The molecule has 1 heterocycles. The third-order valence-electron chi connectivity index (χ3n) is 3.46. The fourth-order valence-corrected chi connectivity index (χ4v) is 2.30. The Morgan fingerprint density at radius 3 is 2.43 bits per heavy atom. The average molecular weight is 305 g/mol. The lowest BCUT2D eigenvalue weighted by Gasteiger charge is -2.05. The zero-order valence-corrected chi connectivity index (χ0v) is 12.4. The first kappa shape index (κ1) is 14.7. The first-order valence-electron chi connectivity index (χ1n) is 7.20. The summed E-state index contributed by atoms with van der Waals surface area (Å²) in [6.07, 6.45) is 3.72. The zero-order chi connectivity index (χ0) is 16.1. The minimum atomic E-state index is -0.401. The predicted molar refractivity (Wildman–Crippen MR) is 90.2 cm³/mol. The van der Waals surface area contributed by atoms with Crippen molar-refractivity contribution in [3.8, 4) is 5.69 Å². The number of nitro benzene ring substituents is 1. The van der Waals surface area contributed by atoms with E-state index in [2.05, 4.69) is 4.99 Å². The smallest absolute Gasteiger partial charge is 0.269 e. The lowest BCUT2D eigenvalue weighted by molar-refractivity contribution is -0.384. The third kappa shape index (κ3) is 3.52. The van der Waals surface area contributed by atoms with Crippen LogP contribution in [0, 0.1) is 10.1 Å². The molecule has 0 aliphatic rings. The van der Waals surface area contributed by atoms with E-state index in [1.165, 1.54) is 12.1 Å². The first-order valence-corrected chi connectivity index (χ1v) is 7.20. The van der Waals surface area contributed by atoms with Gasteiger partial charge in [-0.15, -0.1) is 0 Å². The second kappa shape index (κ2) is 6.70. The summed E-state index contributed by atoms with van der Waals surface area (Å²) < 4.78 is 1.94. The van der Waals surface area contributed by atoms with Crippen molar-refractivity contribution in [3.63, 3.8) is 0 Å². The summed E-state index contributed by atoms with van der Waals surface area (Å²) in [6, 6.07) is 20.4. The number of nitrogens with zero attached hydrogens (tertiary/aromatic N) is 3. The predicted octanol–water partition coefficient (Wildman–Crippen LogP) is 4.00. The van der Waals surface area contributed by atoms with Crippen molar-refractivity contribution >= 4 is 11.9 Å². The normalized spacial score (nSPS) is 11.0. The van der Waals surface area contributed by atoms with Crippen LogP contribution < -0.4 is 0 Å². The summed E-state index contributed by atoms with van der Waals surface area (Å²) in [4.78, 5) is 14.8. The standard InChI is InChI=1S/C18H15N3O2/c22-21(23)17-10-8-16(9-11-17)20-12-4-7-18(20)14-19-13-15-5-2-1-3-6-15/h1-12,14H,13H2. The van der Waals surface area contributed by atoms with Crippen LogP contribution in [0.15, 0.2) is 77.9 Å². The topological polar surface area (TPSA) is 60.4 Å². The molecule has 0 aliphatic carbocycles. The van der Waals surface area contributed by atoms with Crippen molar-refractivity contribution in [2.75, 3.05) is 0 Å². The molecule has 0 saturated carbocycles. The maximum Gasteiger partial charge on any atom is 0.269 e. The summed E-state index contributed by atoms with van der Waals surface area (Å²) in [5.74, 6) is 0. The highest BCUT2D eigenvalue weighted by Gasteiger charge is 2.06. The van der Waals surface area contributed by atoms with E-state index in [0.29, 0.717) is 6.54 Å². The van der Waals surface area contributed by atoms with Crippen LogP contribution in [0.3, 0.4) is 0 Å². The Bertz CT molecular complexity index is 821. The van der Waals surface area contributed by atoms with Gasteiger partial charge in [0.05, 0.1) is 17.2 Å². The van der Waals surface area contributed by atoms with Gasteiger partial charge < -0.3 is 4.57 Å². The Balaban J connectivity index is 1.78.